The van der Waals surface area contributed by atoms with Crippen molar-refractivity contribution in [1.82, 2.24) is 0 Å². The minimum absolute atomic E-state index is 0.155. The molecule has 0 aliphatic carbocycles. The second-order valence-electron chi connectivity index (χ2n) is 7.91. The van der Waals surface area contributed by atoms with Gasteiger partial charge in [-0.05, 0) is 38.3 Å². The SMILES string of the molecule is CCCCCCC(=O)CS(CCCC)(CCCC)OS(=O)(=O)c1ccc(C)cc1. The molecule has 1 aromatic carbocycles. The number of unbranched alkanes of at least 4 members (excludes halogenated alkanes) is 5. The lowest BCUT2D eigenvalue weighted by atomic mass is 10.1. The van der Waals surface area contributed by atoms with E-state index in [1.807, 2.05) is 6.92 Å². The Hall–Kier alpha value is -0.850. The molecule has 1 rings (SSSR count). The number of rotatable bonds is 16. The van der Waals surface area contributed by atoms with Crippen molar-refractivity contribution in [2.24, 2.45) is 0 Å². The summed E-state index contributed by atoms with van der Waals surface area (Å²) in [4.78, 5) is 12.9. The number of hydrogen-bond acceptors (Lipinski definition) is 4. The minimum Gasteiger partial charge on any atom is -0.299 e. The Morgan fingerprint density at radius 3 is 1.90 bits per heavy atom. The van der Waals surface area contributed by atoms with Crippen molar-refractivity contribution >= 4 is 26.2 Å². The van der Waals surface area contributed by atoms with Crippen LogP contribution in [-0.2, 0) is 18.5 Å². The van der Waals surface area contributed by atoms with Crippen LogP contribution in [0.15, 0.2) is 29.2 Å². The summed E-state index contributed by atoms with van der Waals surface area (Å²) in [7, 11) is -5.90. The van der Waals surface area contributed by atoms with Gasteiger partial charge in [-0.3, -0.25) is 4.79 Å². The van der Waals surface area contributed by atoms with Gasteiger partial charge in [0.1, 0.15) is 5.78 Å². The molecular formula is C23H40O4S2. The smallest absolute Gasteiger partial charge is 0.299 e. The van der Waals surface area contributed by atoms with Crippen LogP contribution in [-0.4, -0.2) is 31.5 Å². The zero-order valence-electron chi connectivity index (χ0n) is 18.7. The van der Waals surface area contributed by atoms with E-state index in [-0.39, 0.29) is 16.4 Å². The van der Waals surface area contributed by atoms with E-state index < -0.39 is 20.4 Å². The molecule has 0 N–H and O–H groups in total. The van der Waals surface area contributed by atoms with Crippen molar-refractivity contribution < 1.29 is 16.8 Å². The van der Waals surface area contributed by atoms with Crippen molar-refractivity contribution in [3.63, 3.8) is 0 Å². The number of ketones is 1. The number of aryl methyl sites for hydroxylation is 1. The predicted octanol–water partition coefficient (Wildman–Crippen LogP) is 6.56. The van der Waals surface area contributed by atoms with Crippen molar-refractivity contribution in [1.29, 1.82) is 0 Å². The summed E-state index contributed by atoms with van der Waals surface area (Å²) >= 11 is 0. The van der Waals surface area contributed by atoms with Gasteiger partial charge in [0.2, 0.25) is 0 Å². The molecule has 0 saturated heterocycles. The molecule has 0 aliphatic rings. The fourth-order valence-electron chi connectivity index (χ4n) is 3.20. The molecule has 0 radical (unpaired) electrons. The van der Waals surface area contributed by atoms with Gasteiger partial charge in [0.25, 0.3) is 0 Å². The van der Waals surface area contributed by atoms with Gasteiger partial charge in [-0.1, -0.05) is 70.6 Å². The van der Waals surface area contributed by atoms with E-state index in [9.17, 15) is 13.2 Å². The Bertz CT molecular complexity index is 688. The predicted molar refractivity (Wildman–Crippen MR) is 125 cm³/mol. The Balaban J connectivity index is 3.05. The lowest BCUT2D eigenvalue weighted by Gasteiger charge is -2.38. The number of carbonyl (C=O) groups is 1. The van der Waals surface area contributed by atoms with Crippen LogP contribution in [0.25, 0.3) is 0 Å². The number of Topliss-reactive ketones (excluding diaryl/α,β-unsaturated/α-hetero) is 1. The summed E-state index contributed by atoms with van der Waals surface area (Å²) in [6.07, 6.45) is 8.41. The van der Waals surface area contributed by atoms with Crippen LogP contribution in [0.3, 0.4) is 0 Å². The first-order valence-corrected chi connectivity index (χ1v) is 14.6. The molecule has 168 valence electrons. The van der Waals surface area contributed by atoms with Crippen molar-refractivity contribution in [3.05, 3.63) is 29.8 Å². The first kappa shape index (κ1) is 26.2. The van der Waals surface area contributed by atoms with E-state index in [1.54, 1.807) is 24.3 Å². The number of hydrogen-bond donors (Lipinski definition) is 0. The lowest BCUT2D eigenvalue weighted by Crippen LogP contribution is -2.25. The monoisotopic (exact) mass is 444 g/mol. The van der Waals surface area contributed by atoms with Crippen LogP contribution in [0, 0.1) is 6.92 Å². The summed E-state index contributed by atoms with van der Waals surface area (Å²) < 4.78 is 32.1. The van der Waals surface area contributed by atoms with Crippen LogP contribution < -0.4 is 0 Å². The van der Waals surface area contributed by atoms with E-state index in [0.717, 1.165) is 56.9 Å². The fourth-order valence-corrected chi connectivity index (χ4v) is 9.10. The van der Waals surface area contributed by atoms with Crippen molar-refractivity contribution in [2.75, 3.05) is 17.3 Å². The first-order valence-electron chi connectivity index (χ1n) is 11.1. The average molecular weight is 445 g/mol. The maximum absolute atomic E-state index is 13.1. The highest BCUT2D eigenvalue weighted by Gasteiger charge is 2.33. The highest BCUT2D eigenvalue weighted by Crippen LogP contribution is 2.53. The standard InChI is InChI=1S/C23H40O4S2/c1-5-8-11-12-13-22(24)20-28(18-9-6-2,19-10-7-3)27-29(25,26)23-16-14-21(4)15-17-23/h14-17H,5-13,18-20H2,1-4H3. The third-order valence-corrected chi connectivity index (χ3v) is 10.7. The second-order valence-corrected chi connectivity index (χ2v) is 12.9. The Kier molecular flexibility index (Phi) is 12.1. The van der Waals surface area contributed by atoms with Crippen LogP contribution >= 0.6 is 10.3 Å². The zero-order chi connectivity index (χ0) is 21.8. The average Bonchev–Trinajstić information content (AvgIpc) is 2.68. The zero-order valence-corrected chi connectivity index (χ0v) is 20.4. The van der Waals surface area contributed by atoms with Gasteiger partial charge >= 0.3 is 10.1 Å². The Morgan fingerprint density at radius 2 is 1.38 bits per heavy atom. The molecule has 1 aromatic rings. The van der Waals surface area contributed by atoms with Gasteiger partial charge in [-0.2, -0.15) is 8.42 Å². The van der Waals surface area contributed by atoms with Crippen LogP contribution in [0.4, 0.5) is 0 Å². The number of carbonyl (C=O) groups excluding carboxylic acids is 1. The van der Waals surface area contributed by atoms with Gasteiger partial charge in [-0.15, -0.1) is 10.3 Å². The molecule has 0 fully saturated rings. The summed E-state index contributed by atoms with van der Waals surface area (Å²) in [6, 6.07) is 6.76. The molecule has 6 heteroatoms. The molecule has 4 nitrogen and oxygen atoms in total. The molecule has 0 heterocycles. The summed E-state index contributed by atoms with van der Waals surface area (Å²) in [5.74, 6) is 1.77. The van der Waals surface area contributed by atoms with Gasteiger partial charge in [0.15, 0.2) is 0 Å². The molecule has 0 saturated carbocycles. The fraction of sp³-hybridized carbons (Fsp3) is 0.696. The highest BCUT2D eigenvalue weighted by atomic mass is 32.3. The number of benzene rings is 1. The summed E-state index contributed by atoms with van der Waals surface area (Å²) in [5.41, 5.74) is 1.00. The molecular weight excluding hydrogens is 404 g/mol. The minimum atomic E-state index is -3.89. The molecule has 29 heavy (non-hydrogen) atoms. The van der Waals surface area contributed by atoms with Gasteiger partial charge in [0.05, 0.1) is 10.6 Å². The van der Waals surface area contributed by atoms with E-state index in [0.29, 0.717) is 17.9 Å². The summed E-state index contributed by atoms with van der Waals surface area (Å²) in [6.45, 7) is 8.25. The van der Waals surface area contributed by atoms with Crippen molar-refractivity contribution in [2.45, 2.75) is 90.4 Å². The van der Waals surface area contributed by atoms with Crippen LogP contribution in [0.2, 0.25) is 0 Å². The molecule has 0 atom stereocenters. The van der Waals surface area contributed by atoms with E-state index in [2.05, 4.69) is 20.8 Å². The molecule has 0 amide bonds. The molecule has 0 aromatic heterocycles. The van der Waals surface area contributed by atoms with E-state index in [4.69, 9.17) is 3.63 Å². The summed E-state index contributed by atoms with van der Waals surface area (Å²) in [5, 5.41) is 0. The molecule has 0 spiro atoms. The Labute approximate surface area is 180 Å². The lowest BCUT2D eigenvalue weighted by molar-refractivity contribution is -0.116. The van der Waals surface area contributed by atoms with Crippen molar-refractivity contribution in [3.8, 4) is 0 Å². The maximum atomic E-state index is 13.1. The van der Waals surface area contributed by atoms with Gasteiger partial charge in [-0.25, -0.2) is 3.63 Å². The molecule has 0 aliphatic heterocycles. The van der Waals surface area contributed by atoms with Gasteiger partial charge in [0, 0.05) is 17.9 Å². The third-order valence-electron chi connectivity index (χ3n) is 5.02. The second kappa shape index (κ2) is 13.5. The maximum Gasteiger partial charge on any atom is 0.306 e. The van der Waals surface area contributed by atoms with Gasteiger partial charge < -0.3 is 0 Å². The van der Waals surface area contributed by atoms with Crippen LogP contribution in [0.1, 0.15) is 84.1 Å². The first-order chi connectivity index (χ1) is 13.8. The third kappa shape index (κ3) is 9.67. The van der Waals surface area contributed by atoms with Crippen LogP contribution in [0.5, 0.6) is 0 Å². The quantitative estimate of drug-likeness (QED) is 0.271. The van der Waals surface area contributed by atoms with E-state index >= 15 is 0 Å². The Morgan fingerprint density at radius 1 is 0.828 bits per heavy atom. The molecule has 0 unspecified atom stereocenters. The topological polar surface area (TPSA) is 60.4 Å². The largest absolute Gasteiger partial charge is 0.306 e. The highest BCUT2D eigenvalue weighted by molar-refractivity contribution is 8.33. The normalized spacial score (nSPS) is 12.8. The molecule has 0 bridgehead atoms. The van der Waals surface area contributed by atoms with E-state index in [1.165, 1.54) is 0 Å².